The fraction of sp³-hybridized carbons (Fsp3) is 0.721. The Bertz CT molecular complexity index is 1810. The molecule has 1 unspecified atom stereocenters. The van der Waals surface area contributed by atoms with Crippen molar-refractivity contribution in [1.29, 1.82) is 0 Å². The summed E-state index contributed by atoms with van der Waals surface area (Å²) in [5.41, 5.74) is 1.10. The summed E-state index contributed by atoms with van der Waals surface area (Å²) in [6, 6.07) is 12.9. The Balaban J connectivity index is 1.16. The van der Waals surface area contributed by atoms with Crippen molar-refractivity contribution >= 4 is 20.2 Å². The number of hydrogen-bond donors (Lipinski definition) is 1. The topological polar surface area (TPSA) is 97.7 Å². The Morgan fingerprint density at radius 2 is 0.863 bits per heavy atom. The standard InChI is InChI=1S/C43H54O6S2/c44-50(45,46)40(35-4-2-1-3-5-35)49-51(47,48)39-37(42-20-29-9-30(21-42)11-31(10-29)22-42)15-36(41-17-26-6-27(18-41)8-28(7-26)19-41)16-38(39)43-23-32-12-33(24-43)14-34(13-32)25-43/h1-5,15-16,26-34,40H,6-14,17-25H2,(H,44,45,46). The summed E-state index contributed by atoms with van der Waals surface area (Å²) in [5.74, 6) is 6.04. The molecule has 12 saturated carbocycles. The third-order valence-electron chi connectivity index (χ3n) is 16.8. The second-order valence-corrected chi connectivity index (χ2v) is 23.3. The summed E-state index contributed by atoms with van der Waals surface area (Å²) < 4.78 is 73.5. The zero-order valence-electron chi connectivity index (χ0n) is 29.8. The van der Waals surface area contributed by atoms with E-state index in [0.29, 0.717) is 40.4 Å². The van der Waals surface area contributed by atoms with Gasteiger partial charge in [-0.15, -0.1) is 0 Å². The van der Waals surface area contributed by atoms with E-state index in [0.717, 1.165) is 67.4 Å². The summed E-state index contributed by atoms with van der Waals surface area (Å²) in [6.07, 6.45) is 21.4. The normalized spacial score (nSPS) is 45.1. The zero-order valence-corrected chi connectivity index (χ0v) is 31.5. The van der Waals surface area contributed by atoms with Gasteiger partial charge in [0, 0.05) is 0 Å². The number of benzene rings is 2. The third kappa shape index (κ3) is 5.10. The molecule has 12 bridgehead atoms. The van der Waals surface area contributed by atoms with Gasteiger partial charge in [0.05, 0.1) is 0 Å². The molecule has 274 valence electrons. The Labute approximate surface area is 304 Å². The lowest BCUT2D eigenvalue weighted by atomic mass is 9.45. The summed E-state index contributed by atoms with van der Waals surface area (Å²) in [4.78, 5) is 0.310. The van der Waals surface area contributed by atoms with E-state index in [1.807, 2.05) is 0 Å². The van der Waals surface area contributed by atoms with Crippen LogP contribution in [-0.2, 0) is 40.7 Å². The van der Waals surface area contributed by atoms with Gasteiger partial charge < -0.3 is 0 Å². The van der Waals surface area contributed by atoms with Crippen LogP contribution in [0.4, 0.5) is 0 Å². The highest BCUT2D eigenvalue weighted by molar-refractivity contribution is 7.89. The van der Waals surface area contributed by atoms with Gasteiger partial charge in [-0.3, -0.25) is 4.55 Å². The molecule has 12 aliphatic rings. The fourth-order valence-corrected chi connectivity index (χ4v) is 19.1. The Morgan fingerprint density at radius 1 is 0.529 bits per heavy atom. The zero-order chi connectivity index (χ0) is 34.5. The van der Waals surface area contributed by atoms with Crippen LogP contribution in [0.2, 0.25) is 0 Å². The first-order valence-electron chi connectivity index (χ1n) is 20.5. The van der Waals surface area contributed by atoms with E-state index in [1.165, 1.54) is 94.7 Å². The molecule has 1 N–H and O–H groups in total. The van der Waals surface area contributed by atoms with Crippen molar-refractivity contribution in [3.63, 3.8) is 0 Å². The van der Waals surface area contributed by atoms with Gasteiger partial charge in [0.1, 0.15) is 4.90 Å². The summed E-state index contributed by atoms with van der Waals surface area (Å²) in [5, 5.41) is 0. The molecule has 2 aromatic carbocycles. The highest BCUT2D eigenvalue weighted by Gasteiger charge is 2.59. The van der Waals surface area contributed by atoms with Crippen LogP contribution in [0, 0.1) is 53.3 Å². The molecule has 0 spiro atoms. The highest BCUT2D eigenvalue weighted by atomic mass is 32.2. The van der Waals surface area contributed by atoms with E-state index in [2.05, 4.69) is 12.1 Å². The predicted molar refractivity (Wildman–Crippen MR) is 195 cm³/mol. The number of hydrogen-bond acceptors (Lipinski definition) is 5. The molecule has 14 rings (SSSR count). The molecule has 0 heterocycles. The van der Waals surface area contributed by atoms with Crippen molar-refractivity contribution in [2.24, 2.45) is 53.3 Å². The molecule has 2 aromatic rings. The summed E-state index contributed by atoms with van der Waals surface area (Å²) in [6.45, 7) is 0. The number of rotatable bonds is 8. The van der Waals surface area contributed by atoms with E-state index in [9.17, 15) is 13.0 Å². The van der Waals surface area contributed by atoms with Gasteiger partial charge in [0.25, 0.3) is 20.2 Å². The van der Waals surface area contributed by atoms with Crippen molar-refractivity contribution in [2.75, 3.05) is 0 Å². The minimum Gasteiger partial charge on any atom is -0.283 e. The quantitative estimate of drug-likeness (QED) is 0.215. The average Bonchev–Trinajstić information content (AvgIpc) is 3.05. The minimum atomic E-state index is -4.92. The molecular formula is C43H54O6S2. The summed E-state index contributed by atoms with van der Waals surface area (Å²) in [7, 11) is -9.57. The smallest absolute Gasteiger partial charge is 0.283 e. The van der Waals surface area contributed by atoms with E-state index >= 15 is 8.42 Å². The largest absolute Gasteiger partial charge is 0.299 e. The Morgan fingerprint density at radius 3 is 1.20 bits per heavy atom. The van der Waals surface area contributed by atoms with Crippen LogP contribution in [0.25, 0.3) is 0 Å². The van der Waals surface area contributed by atoms with Crippen molar-refractivity contribution in [2.45, 2.75) is 142 Å². The fourth-order valence-electron chi connectivity index (χ4n) is 16.4. The maximum atomic E-state index is 15.5. The third-order valence-corrected chi connectivity index (χ3v) is 19.2. The van der Waals surface area contributed by atoms with Crippen LogP contribution in [-0.4, -0.2) is 21.4 Å². The van der Waals surface area contributed by atoms with E-state index in [1.54, 1.807) is 18.2 Å². The maximum absolute atomic E-state index is 15.5. The average molecular weight is 731 g/mol. The van der Waals surface area contributed by atoms with Gasteiger partial charge in [-0.2, -0.15) is 16.8 Å². The molecule has 6 nitrogen and oxygen atoms in total. The van der Waals surface area contributed by atoms with Crippen LogP contribution in [0.1, 0.15) is 143 Å². The van der Waals surface area contributed by atoms with Crippen LogP contribution < -0.4 is 0 Å². The molecule has 0 saturated heterocycles. The highest BCUT2D eigenvalue weighted by Crippen LogP contribution is 2.67. The monoisotopic (exact) mass is 730 g/mol. The van der Waals surface area contributed by atoms with Gasteiger partial charge in [-0.1, -0.05) is 42.5 Å². The predicted octanol–water partition coefficient (Wildman–Crippen LogP) is 9.38. The van der Waals surface area contributed by atoms with Gasteiger partial charge in [0.15, 0.2) is 0 Å². The Kier molecular flexibility index (Phi) is 7.01. The lowest BCUT2D eigenvalue weighted by Crippen LogP contribution is -2.52. The van der Waals surface area contributed by atoms with E-state index < -0.39 is 25.7 Å². The molecule has 0 aromatic heterocycles. The molecule has 8 heteroatoms. The SMILES string of the molecule is O=S(=O)(OC(c1ccccc1)S(=O)(=O)O)c1c(C23CC4CC(CC(C4)C2)C3)cc(C23CC4CC(CC(C4)C2)C3)cc1C12CC3CC(CC(C3)C1)C2. The van der Waals surface area contributed by atoms with Crippen LogP contribution >= 0.6 is 0 Å². The Hall–Kier alpha value is -1.74. The second kappa shape index (κ2) is 10.9. The second-order valence-electron chi connectivity index (χ2n) is 20.3. The molecule has 0 radical (unpaired) electrons. The van der Waals surface area contributed by atoms with Crippen molar-refractivity contribution in [3.8, 4) is 0 Å². The van der Waals surface area contributed by atoms with Crippen molar-refractivity contribution in [3.05, 3.63) is 64.7 Å². The molecule has 51 heavy (non-hydrogen) atoms. The van der Waals surface area contributed by atoms with Crippen LogP contribution in [0.5, 0.6) is 0 Å². The first kappa shape index (κ1) is 32.7. The molecular weight excluding hydrogens is 677 g/mol. The van der Waals surface area contributed by atoms with Crippen molar-refractivity contribution in [1.82, 2.24) is 0 Å². The summed E-state index contributed by atoms with van der Waals surface area (Å²) >= 11 is 0. The molecule has 12 aliphatic carbocycles. The lowest BCUT2D eigenvalue weighted by molar-refractivity contribution is -0.0138. The first-order chi connectivity index (χ1) is 24.4. The van der Waals surface area contributed by atoms with Gasteiger partial charge in [-0.25, -0.2) is 4.18 Å². The van der Waals surface area contributed by atoms with Crippen molar-refractivity contribution < 1.29 is 25.6 Å². The molecule has 12 fully saturated rings. The van der Waals surface area contributed by atoms with Crippen LogP contribution in [0.15, 0.2) is 47.4 Å². The first-order valence-corrected chi connectivity index (χ1v) is 23.4. The van der Waals surface area contributed by atoms with Gasteiger partial charge >= 0.3 is 0 Å². The molecule has 0 aliphatic heterocycles. The minimum absolute atomic E-state index is 0.104. The lowest BCUT2D eigenvalue weighted by Gasteiger charge is -2.60. The van der Waals surface area contributed by atoms with Gasteiger partial charge in [-0.05, 0) is 207 Å². The molecule has 1 atom stereocenters. The van der Waals surface area contributed by atoms with Gasteiger partial charge in [0.2, 0.25) is 5.44 Å². The maximum Gasteiger partial charge on any atom is 0.299 e. The van der Waals surface area contributed by atoms with Crippen LogP contribution in [0.3, 0.4) is 0 Å². The van der Waals surface area contributed by atoms with E-state index in [4.69, 9.17) is 4.18 Å². The van der Waals surface area contributed by atoms with E-state index in [-0.39, 0.29) is 21.8 Å². The molecule has 0 amide bonds.